The lowest BCUT2D eigenvalue weighted by atomic mass is 10.2. The van der Waals surface area contributed by atoms with Gasteiger partial charge >= 0.3 is 0 Å². The van der Waals surface area contributed by atoms with Crippen LogP contribution in [0.4, 0.5) is 0 Å². The van der Waals surface area contributed by atoms with Gasteiger partial charge < -0.3 is 0 Å². The highest BCUT2D eigenvalue weighted by molar-refractivity contribution is 7.86. The van der Waals surface area contributed by atoms with Gasteiger partial charge in [0.1, 0.15) is 12.2 Å². The van der Waals surface area contributed by atoms with Gasteiger partial charge in [-0.2, -0.15) is 16.8 Å². The molecule has 1 aromatic heterocycles. The molecule has 0 saturated heterocycles. The third-order valence-corrected chi connectivity index (χ3v) is 3.54. The Morgan fingerprint density at radius 3 is 1.55 bits per heavy atom. The van der Waals surface area contributed by atoms with E-state index in [1.54, 1.807) is 18.2 Å². The van der Waals surface area contributed by atoms with Crippen molar-refractivity contribution in [2.24, 2.45) is 0 Å². The van der Waals surface area contributed by atoms with Crippen molar-refractivity contribution in [3.8, 4) is 0 Å². The lowest BCUT2D eigenvalue weighted by Gasteiger charge is -2.14. The lowest BCUT2D eigenvalue weighted by molar-refractivity contribution is 0.221. The minimum absolute atomic E-state index is 0.372. The van der Waals surface area contributed by atoms with Gasteiger partial charge in [-0.05, 0) is 26.0 Å². The van der Waals surface area contributed by atoms with Crippen molar-refractivity contribution in [3.63, 3.8) is 0 Å². The first-order chi connectivity index (χ1) is 8.98. The first-order valence-electron chi connectivity index (χ1n) is 5.71. The molecule has 0 amide bonds. The molecule has 0 aliphatic rings. The molecular formula is C11H17NO6S2. The Bertz CT molecular complexity index is 613. The molecule has 0 N–H and O–H groups in total. The monoisotopic (exact) mass is 323 g/mol. The van der Waals surface area contributed by atoms with Gasteiger partial charge in [0.05, 0.1) is 23.9 Å². The number of hydrogen-bond acceptors (Lipinski definition) is 7. The molecule has 114 valence electrons. The van der Waals surface area contributed by atoms with E-state index in [4.69, 9.17) is 8.37 Å². The molecular weight excluding hydrogens is 306 g/mol. The summed E-state index contributed by atoms with van der Waals surface area (Å²) >= 11 is 0. The van der Waals surface area contributed by atoms with Gasteiger partial charge in [-0.3, -0.25) is 13.4 Å². The van der Waals surface area contributed by atoms with Crippen LogP contribution in [0.15, 0.2) is 18.2 Å². The number of nitrogens with zero attached hydrogens (tertiary/aromatic N) is 1. The second kappa shape index (κ2) is 6.17. The summed E-state index contributed by atoms with van der Waals surface area (Å²) in [4.78, 5) is 4.16. The maximum Gasteiger partial charge on any atom is 0.265 e. The standard InChI is InChI=1S/C11H17NO6S2/c1-8(17-19(3,13)14)10-6-5-7-11(12-10)9(2)18-20(4,15)16/h5-9H,1-4H3/t8-,9-/m1/s1. The average molecular weight is 323 g/mol. The molecule has 0 radical (unpaired) electrons. The molecule has 0 aliphatic heterocycles. The Kier molecular flexibility index (Phi) is 5.25. The van der Waals surface area contributed by atoms with E-state index in [0.717, 1.165) is 12.5 Å². The normalized spacial score (nSPS) is 15.8. The van der Waals surface area contributed by atoms with Gasteiger partial charge in [0.15, 0.2) is 0 Å². The van der Waals surface area contributed by atoms with Crippen LogP contribution >= 0.6 is 0 Å². The SMILES string of the molecule is C[C@@H](OS(C)(=O)=O)c1cccc([C@@H](C)OS(C)(=O)=O)n1. The molecule has 2 atom stereocenters. The number of aromatic nitrogens is 1. The van der Waals surface area contributed by atoms with Crippen molar-refractivity contribution in [3.05, 3.63) is 29.6 Å². The Hall–Kier alpha value is -1.03. The minimum atomic E-state index is -3.60. The summed E-state index contributed by atoms with van der Waals surface area (Å²) in [6.45, 7) is 3.07. The molecule has 9 heteroatoms. The van der Waals surface area contributed by atoms with Crippen LogP contribution in [0, 0.1) is 0 Å². The number of pyridine rings is 1. The zero-order valence-corrected chi connectivity index (χ0v) is 13.2. The van der Waals surface area contributed by atoms with Crippen LogP contribution < -0.4 is 0 Å². The first-order valence-corrected chi connectivity index (χ1v) is 9.34. The molecule has 0 unspecified atom stereocenters. The van der Waals surface area contributed by atoms with Crippen LogP contribution in [0.25, 0.3) is 0 Å². The quantitative estimate of drug-likeness (QED) is 0.724. The highest BCUT2D eigenvalue weighted by atomic mass is 32.2. The van der Waals surface area contributed by atoms with Crippen LogP contribution in [0.1, 0.15) is 37.4 Å². The first kappa shape index (κ1) is 17.0. The molecule has 1 rings (SSSR count). The summed E-state index contributed by atoms with van der Waals surface area (Å²) in [5.74, 6) is 0. The lowest BCUT2D eigenvalue weighted by Crippen LogP contribution is -2.12. The fourth-order valence-electron chi connectivity index (χ4n) is 1.54. The molecule has 1 aromatic rings. The van der Waals surface area contributed by atoms with Gasteiger partial charge in [-0.1, -0.05) is 6.07 Å². The fourth-order valence-corrected chi connectivity index (χ4v) is 2.79. The van der Waals surface area contributed by atoms with Crippen molar-refractivity contribution in [1.82, 2.24) is 4.98 Å². The van der Waals surface area contributed by atoms with Crippen LogP contribution in [-0.4, -0.2) is 34.3 Å². The maximum atomic E-state index is 11.1. The molecule has 0 aliphatic carbocycles. The zero-order chi connectivity index (χ0) is 15.6. The minimum Gasteiger partial charge on any atom is -0.261 e. The molecule has 0 aromatic carbocycles. The van der Waals surface area contributed by atoms with Crippen molar-refractivity contribution in [1.29, 1.82) is 0 Å². The third kappa shape index (κ3) is 5.95. The van der Waals surface area contributed by atoms with Gasteiger partial charge in [0.2, 0.25) is 0 Å². The van der Waals surface area contributed by atoms with Crippen LogP contribution in [-0.2, 0) is 28.6 Å². The highest BCUT2D eigenvalue weighted by Crippen LogP contribution is 2.21. The zero-order valence-electron chi connectivity index (χ0n) is 11.6. The molecule has 0 bridgehead atoms. The Morgan fingerprint density at radius 2 is 1.25 bits per heavy atom. The van der Waals surface area contributed by atoms with E-state index < -0.39 is 32.4 Å². The van der Waals surface area contributed by atoms with Gasteiger partial charge in [-0.25, -0.2) is 0 Å². The smallest absolute Gasteiger partial charge is 0.261 e. The van der Waals surface area contributed by atoms with Crippen LogP contribution in [0.2, 0.25) is 0 Å². The van der Waals surface area contributed by atoms with Gasteiger partial charge in [-0.15, -0.1) is 0 Å². The van der Waals surface area contributed by atoms with E-state index in [2.05, 4.69) is 4.98 Å². The van der Waals surface area contributed by atoms with E-state index in [9.17, 15) is 16.8 Å². The van der Waals surface area contributed by atoms with E-state index in [-0.39, 0.29) is 0 Å². The maximum absolute atomic E-state index is 11.1. The molecule has 0 fully saturated rings. The second-order valence-corrected chi connectivity index (χ2v) is 7.57. The van der Waals surface area contributed by atoms with Crippen LogP contribution in [0.5, 0.6) is 0 Å². The Morgan fingerprint density at radius 1 is 0.900 bits per heavy atom. The van der Waals surface area contributed by atoms with Gasteiger partial charge in [0.25, 0.3) is 20.2 Å². The largest absolute Gasteiger partial charge is 0.265 e. The second-order valence-electron chi connectivity index (χ2n) is 4.37. The van der Waals surface area contributed by atoms with Crippen molar-refractivity contribution in [2.45, 2.75) is 26.1 Å². The molecule has 1 heterocycles. The van der Waals surface area contributed by atoms with E-state index in [0.29, 0.717) is 11.4 Å². The molecule has 20 heavy (non-hydrogen) atoms. The Labute approximate surface area is 119 Å². The summed E-state index contributed by atoms with van der Waals surface area (Å²) in [6.07, 6.45) is 0.358. The van der Waals surface area contributed by atoms with E-state index in [1.165, 1.54) is 13.8 Å². The molecule has 0 spiro atoms. The third-order valence-electron chi connectivity index (χ3n) is 2.26. The summed E-state index contributed by atoms with van der Waals surface area (Å²) < 4.78 is 53.9. The summed E-state index contributed by atoms with van der Waals surface area (Å²) in [6, 6.07) is 4.81. The predicted molar refractivity (Wildman–Crippen MR) is 72.9 cm³/mol. The summed E-state index contributed by atoms with van der Waals surface area (Å²) in [5, 5.41) is 0. The van der Waals surface area contributed by atoms with Crippen LogP contribution in [0.3, 0.4) is 0 Å². The predicted octanol–water partition coefficient (Wildman–Crippen LogP) is 1.16. The average Bonchev–Trinajstić information content (AvgIpc) is 2.24. The van der Waals surface area contributed by atoms with Gasteiger partial charge in [0, 0.05) is 0 Å². The topological polar surface area (TPSA) is 99.6 Å². The fraction of sp³-hybridized carbons (Fsp3) is 0.545. The highest BCUT2D eigenvalue weighted by Gasteiger charge is 2.18. The summed E-state index contributed by atoms with van der Waals surface area (Å²) in [7, 11) is -7.20. The van der Waals surface area contributed by atoms with Crippen molar-refractivity contribution >= 4 is 20.2 Å². The summed E-state index contributed by atoms with van der Waals surface area (Å²) in [5.41, 5.74) is 0.744. The molecule has 7 nitrogen and oxygen atoms in total. The molecule has 0 saturated carbocycles. The van der Waals surface area contributed by atoms with E-state index in [1.807, 2.05) is 0 Å². The Balaban J connectivity index is 2.96. The van der Waals surface area contributed by atoms with Crippen molar-refractivity contribution < 1.29 is 25.2 Å². The number of rotatable bonds is 6. The van der Waals surface area contributed by atoms with E-state index >= 15 is 0 Å². The number of hydrogen-bond donors (Lipinski definition) is 0. The van der Waals surface area contributed by atoms with Crippen molar-refractivity contribution in [2.75, 3.05) is 12.5 Å².